The summed E-state index contributed by atoms with van der Waals surface area (Å²) in [4.78, 5) is 1.27. The van der Waals surface area contributed by atoms with E-state index in [1.807, 2.05) is 18.2 Å². The van der Waals surface area contributed by atoms with E-state index in [1.54, 1.807) is 11.3 Å². The Kier molecular flexibility index (Phi) is 4.62. The number of hydrogen-bond acceptors (Lipinski definition) is 2. The summed E-state index contributed by atoms with van der Waals surface area (Å²) in [5, 5.41) is 3.49. The summed E-state index contributed by atoms with van der Waals surface area (Å²) in [5.74, 6) is 0. The molecule has 0 amide bonds. The maximum atomic E-state index is 5.93. The summed E-state index contributed by atoms with van der Waals surface area (Å²) in [6.07, 6.45) is 0. The molecule has 1 nitrogen and oxygen atoms in total. The monoisotopic (exact) mass is 329 g/mol. The first-order valence-electron chi connectivity index (χ1n) is 5.38. The fraction of sp³-hybridized carbons (Fsp3) is 0.231. The van der Waals surface area contributed by atoms with Crippen LogP contribution in [0.15, 0.2) is 40.9 Å². The van der Waals surface area contributed by atoms with Crippen LogP contribution in [0, 0.1) is 0 Å². The molecule has 1 N–H and O–H groups in total. The van der Waals surface area contributed by atoms with Crippen LogP contribution in [0.4, 0.5) is 0 Å². The third kappa shape index (κ3) is 3.81. The molecule has 4 heteroatoms. The van der Waals surface area contributed by atoms with Crippen LogP contribution in [0.1, 0.15) is 23.4 Å². The van der Waals surface area contributed by atoms with Crippen molar-refractivity contribution in [3.8, 4) is 0 Å². The minimum atomic E-state index is 0.325. The van der Waals surface area contributed by atoms with Crippen molar-refractivity contribution in [1.29, 1.82) is 0 Å². The smallest absolute Gasteiger partial charge is 0.0931 e. The number of hydrogen-bond donors (Lipinski definition) is 1. The van der Waals surface area contributed by atoms with Gasteiger partial charge in [0.2, 0.25) is 0 Å². The number of thiophene rings is 1. The average Bonchev–Trinajstić information content (AvgIpc) is 2.73. The van der Waals surface area contributed by atoms with Crippen LogP contribution in [0.3, 0.4) is 0 Å². The minimum Gasteiger partial charge on any atom is -0.305 e. The SMILES string of the molecule is CC(NCc1cccc(Br)c1)c1ccc(Cl)s1. The van der Waals surface area contributed by atoms with Crippen LogP contribution < -0.4 is 5.32 Å². The Bertz CT molecular complexity index is 498. The van der Waals surface area contributed by atoms with Gasteiger partial charge in [0.15, 0.2) is 0 Å². The molecule has 0 radical (unpaired) electrons. The third-order valence-corrected chi connectivity index (χ3v) is 4.43. The number of benzene rings is 1. The van der Waals surface area contributed by atoms with Crippen LogP contribution in [-0.4, -0.2) is 0 Å². The molecular weight excluding hydrogens is 318 g/mol. The maximum absolute atomic E-state index is 5.93. The predicted octanol–water partition coefficient (Wildman–Crippen LogP) is 5.01. The molecule has 2 aromatic rings. The summed E-state index contributed by atoms with van der Waals surface area (Å²) >= 11 is 11.0. The molecular formula is C13H13BrClNS. The van der Waals surface area contributed by atoms with Gasteiger partial charge in [0.05, 0.1) is 4.34 Å². The highest BCUT2D eigenvalue weighted by Gasteiger charge is 2.07. The summed E-state index contributed by atoms with van der Waals surface area (Å²) < 4.78 is 1.96. The number of nitrogens with one attached hydrogen (secondary N) is 1. The van der Waals surface area contributed by atoms with E-state index in [-0.39, 0.29) is 0 Å². The first-order valence-corrected chi connectivity index (χ1v) is 7.37. The zero-order chi connectivity index (χ0) is 12.3. The van der Waals surface area contributed by atoms with Gasteiger partial charge in [0, 0.05) is 21.9 Å². The van der Waals surface area contributed by atoms with Crippen molar-refractivity contribution in [2.45, 2.75) is 19.5 Å². The van der Waals surface area contributed by atoms with Crippen LogP contribution in [-0.2, 0) is 6.54 Å². The van der Waals surface area contributed by atoms with Gasteiger partial charge >= 0.3 is 0 Å². The number of halogens is 2. The summed E-state index contributed by atoms with van der Waals surface area (Å²) in [7, 11) is 0. The molecule has 0 saturated carbocycles. The highest BCUT2D eigenvalue weighted by atomic mass is 79.9. The molecule has 0 bridgehead atoms. The second kappa shape index (κ2) is 6.01. The second-order valence-electron chi connectivity index (χ2n) is 3.87. The first-order chi connectivity index (χ1) is 8.15. The first kappa shape index (κ1) is 13.1. The maximum Gasteiger partial charge on any atom is 0.0931 e. The standard InChI is InChI=1S/C13H13BrClNS/c1-9(12-5-6-13(15)17-12)16-8-10-3-2-4-11(14)7-10/h2-7,9,16H,8H2,1H3. The van der Waals surface area contributed by atoms with E-state index in [2.05, 4.69) is 46.4 Å². The van der Waals surface area contributed by atoms with E-state index >= 15 is 0 Å². The molecule has 1 atom stereocenters. The van der Waals surface area contributed by atoms with E-state index in [9.17, 15) is 0 Å². The highest BCUT2D eigenvalue weighted by Crippen LogP contribution is 2.26. The largest absolute Gasteiger partial charge is 0.305 e. The van der Waals surface area contributed by atoms with E-state index in [4.69, 9.17) is 11.6 Å². The zero-order valence-electron chi connectivity index (χ0n) is 9.41. The summed E-state index contributed by atoms with van der Waals surface area (Å²) in [5.41, 5.74) is 1.27. The minimum absolute atomic E-state index is 0.325. The molecule has 17 heavy (non-hydrogen) atoms. The van der Waals surface area contributed by atoms with Crippen molar-refractivity contribution < 1.29 is 0 Å². The van der Waals surface area contributed by atoms with Gasteiger partial charge in [-0.25, -0.2) is 0 Å². The molecule has 1 unspecified atom stereocenters. The fourth-order valence-electron chi connectivity index (χ4n) is 1.58. The van der Waals surface area contributed by atoms with E-state index in [1.165, 1.54) is 10.4 Å². The Balaban J connectivity index is 1.94. The van der Waals surface area contributed by atoms with Crippen LogP contribution in [0.2, 0.25) is 4.34 Å². The topological polar surface area (TPSA) is 12.0 Å². The van der Waals surface area contributed by atoms with Crippen molar-refractivity contribution in [2.75, 3.05) is 0 Å². The molecule has 90 valence electrons. The van der Waals surface area contributed by atoms with E-state index in [0.717, 1.165) is 15.4 Å². The van der Waals surface area contributed by atoms with Gasteiger partial charge in [0.1, 0.15) is 0 Å². The highest BCUT2D eigenvalue weighted by molar-refractivity contribution is 9.10. The Labute approximate surface area is 119 Å². The van der Waals surface area contributed by atoms with E-state index < -0.39 is 0 Å². The Hall–Kier alpha value is -0.350. The second-order valence-corrected chi connectivity index (χ2v) is 6.54. The molecule has 0 aliphatic rings. The quantitative estimate of drug-likeness (QED) is 0.830. The van der Waals surface area contributed by atoms with Crippen molar-refractivity contribution >= 4 is 38.9 Å². The molecule has 0 spiro atoms. The van der Waals surface area contributed by atoms with Crippen molar-refractivity contribution in [3.05, 3.63) is 55.6 Å². The molecule has 2 rings (SSSR count). The molecule has 1 aromatic heterocycles. The molecule has 0 aliphatic heterocycles. The lowest BCUT2D eigenvalue weighted by Crippen LogP contribution is -2.17. The molecule has 0 aliphatic carbocycles. The van der Waals surface area contributed by atoms with Crippen molar-refractivity contribution in [1.82, 2.24) is 5.32 Å². The summed E-state index contributed by atoms with van der Waals surface area (Å²) in [6.45, 7) is 3.01. The van der Waals surface area contributed by atoms with Gasteiger partial charge in [-0.3, -0.25) is 0 Å². The van der Waals surface area contributed by atoms with Gasteiger partial charge in [-0.15, -0.1) is 11.3 Å². The lowest BCUT2D eigenvalue weighted by molar-refractivity contribution is 0.583. The van der Waals surface area contributed by atoms with Crippen LogP contribution >= 0.6 is 38.9 Å². The molecule has 0 saturated heterocycles. The van der Waals surface area contributed by atoms with Crippen LogP contribution in [0.25, 0.3) is 0 Å². The molecule has 1 heterocycles. The third-order valence-electron chi connectivity index (χ3n) is 2.52. The lowest BCUT2D eigenvalue weighted by atomic mass is 10.2. The summed E-state index contributed by atoms with van der Waals surface area (Å²) in [6, 6.07) is 12.7. The van der Waals surface area contributed by atoms with E-state index in [0.29, 0.717) is 6.04 Å². The lowest BCUT2D eigenvalue weighted by Gasteiger charge is -2.12. The molecule has 1 aromatic carbocycles. The van der Waals surface area contributed by atoms with Crippen molar-refractivity contribution in [2.24, 2.45) is 0 Å². The van der Waals surface area contributed by atoms with Crippen LogP contribution in [0.5, 0.6) is 0 Å². The fourth-order valence-corrected chi connectivity index (χ4v) is 3.11. The zero-order valence-corrected chi connectivity index (χ0v) is 12.6. The predicted molar refractivity (Wildman–Crippen MR) is 78.7 cm³/mol. The van der Waals surface area contributed by atoms with Crippen molar-refractivity contribution in [3.63, 3.8) is 0 Å². The Morgan fingerprint density at radius 3 is 2.82 bits per heavy atom. The van der Waals surface area contributed by atoms with Gasteiger partial charge in [-0.1, -0.05) is 39.7 Å². The van der Waals surface area contributed by atoms with Gasteiger partial charge in [0.25, 0.3) is 0 Å². The average molecular weight is 331 g/mol. The number of rotatable bonds is 4. The van der Waals surface area contributed by atoms with Gasteiger partial charge in [-0.05, 0) is 36.8 Å². The normalized spacial score (nSPS) is 12.6. The van der Waals surface area contributed by atoms with Gasteiger partial charge in [-0.2, -0.15) is 0 Å². The molecule has 0 fully saturated rings. The Morgan fingerprint density at radius 2 is 2.18 bits per heavy atom. The van der Waals surface area contributed by atoms with Gasteiger partial charge < -0.3 is 5.32 Å². The Morgan fingerprint density at radius 1 is 1.35 bits per heavy atom.